The van der Waals surface area contributed by atoms with Crippen LogP contribution in [0.5, 0.6) is 0 Å². The van der Waals surface area contributed by atoms with Crippen LogP contribution in [-0.4, -0.2) is 11.9 Å². The van der Waals surface area contributed by atoms with E-state index in [-0.39, 0.29) is 48.8 Å². The molecule has 0 aliphatic rings. The van der Waals surface area contributed by atoms with Gasteiger partial charge in [0, 0.05) is 5.56 Å². The molecule has 0 fully saturated rings. The van der Waals surface area contributed by atoms with Gasteiger partial charge in [0.15, 0.2) is 0 Å². The third-order valence-corrected chi connectivity index (χ3v) is 4.86. The maximum atomic E-state index is 11.1. The van der Waals surface area contributed by atoms with Crippen molar-refractivity contribution in [3.05, 3.63) is 34.9 Å². The monoisotopic (exact) mass is 374 g/mol. The van der Waals surface area contributed by atoms with Gasteiger partial charge >= 0.3 is 37.7 Å². The summed E-state index contributed by atoms with van der Waals surface area (Å²) in [6.45, 7) is 2.24. The van der Waals surface area contributed by atoms with Crippen LogP contribution in [0.3, 0.4) is 0 Å². The standard InChI is InChI=1S/C22H34O4.2Li/c1-2-3-4-5-6-7-8-9-10-11-12-13-14-18-17-19(21(23)24)15-16-20(18)22(25)26;;/h15-17H,2-14H2,1H3,(H,23,24)(H,25,26);;/q;2*+1/p-2. The number of aryl methyl sites for hydroxylation is 1. The van der Waals surface area contributed by atoms with E-state index in [9.17, 15) is 19.8 Å². The van der Waals surface area contributed by atoms with Gasteiger partial charge in [-0.15, -0.1) is 0 Å². The van der Waals surface area contributed by atoms with Crippen LogP contribution in [0.25, 0.3) is 0 Å². The molecule has 0 radical (unpaired) electrons. The molecule has 28 heavy (non-hydrogen) atoms. The summed E-state index contributed by atoms with van der Waals surface area (Å²) in [6, 6.07) is 3.96. The summed E-state index contributed by atoms with van der Waals surface area (Å²) in [5.41, 5.74) is 0.626. The Hall–Kier alpha value is -0.645. The van der Waals surface area contributed by atoms with Crippen molar-refractivity contribution in [2.45, 2.75) is 90.4 Å². The Bertz CT molecular complexity index is 561. The maximum Gasteiger partial charge on any atom is 1.00 e. The molecule has 0 atom stereocenters. The second-order valence-electron chi connectivity index (χ2n) is 7.09. The van der Waals surface area contributed by atoms with Gasteiger partial charge in [-0.2, -0.15) is 0 Å². The molecule has 0 N–H and O–H groups in total. The van der Waals surface area contributed by atoms with Crippen LogP contribution in [0, 0.1) is 0 Å². The van der Waals surface area contributed by atoms with E-state index in [1.165, 1.54) is 76.0 Å². The van der Waals surface area contributed by atoms with Gasteiger partial charge in [-0.3, -0.25) is 0 Å². The van der Waals surface area contributed by atoms with E-state index in [2.05, 4.69) is 6.92 Å². The average molecular weight is 374 g/mol. The first-order valence-electron chi connectivity index (χ1n) is 10.1. The summed E-state index contributed by atoms with van der Waals surface area (Å²) in [5, 5.41) is 22.1. The zero-order chi connectivity index (χ0) is 19.2. The molecule has 0 unspecified atom stereocenters. The Morgan fingerprint density at radius 1 is 0.714 bits per heavy atom. The van der Waals surface area contributed by atoms with Crippen LogP contribution in [-0.2, 0) is 6.42 Å². The summed E-state index contributed by atoms with van der Waals surface area (Å²) in [6.07, 6.45) is 15.4. The smallest absolute Gasteiger partial charge is 0.545 e. The minimum atomic E-state index is -1.29. The molecule has 1 rings (SSSR count). The fraction of sp³-hybridized carbons (Fsp3) is 0.636. The zero-order valence-electron chi connectivity index (χ0n) is 18.1. The molecule has 0 heterocycles. The van der Waals surface area contributed by atoms with Crippen molar-refractivity contribution >= 4 is 11.9 Å². The largest absolute Gasteiger partial charge is 1.00 e. The third-order valence-electron chi connectivity index (χ3n) is 4.86. The Morgan fingerprint density at radius 2 is 1.18 bits per heavy atom. The number of unbranched alkanes of at least 4 members (excludes halogenated alkanes) is 11. The summed E-state index contributed by atoms with van der Waals surface area (Å²) in [4.78, 5) is 22.1. The molecule has 0 bridgehead atoms. The molecule has 0 spiro atoms. The number of rotatable bonds is 15. The summed E-state index contributed by atoms with van der Waals surface area (Å²) in [5.74, 6) is -2.55. The molecular weight excluding hydrogens is 342 g/mol. The molecule has 0 amide bonds. The first kappa shape index (κ1) is 29.6. The van der Waals surface area contributed by atoms with E-state index >= 15 is 0 Å². The first-order valence-corrected chi connectivity index (χ1v) is 10.1. The molecule has 0 aliphatic carbocycles. The van der Waals surface area contributed by atoms with Gasteiger partial charge in [0.2, 0.25) is 0 Å². The van der Waals surface area contributed by atoms with Crippen LogP contribution < -0.4 is 47.9 Å². The van der Waals surface area contributed by atoms with Gasteiger partial charge in [-0.05, 0) is 30.0 Å². The van der Waals surface area contributed by atoms with Crippen LogP contribution in [0.2, 0.25) is 0 Å². The Kier molecular flexibility index (Phi) is 19.4. The molecular formula is C22H32Li2O4. The van der Waals surface area contributed by atoms with Crippen LogP contribution >= 0.6 is 0 Å². The number of benzene rings is 1. The fourth-order valence-electron chi connectivity index (χ4n) is 3.28. The topological polar surface area (TPSA) is 80.3 Å². The van der Waals surface area contributed by atoms with Crippen molar-refractivity contribution in [1.29, 1.82) is 0 Å². The normalized spacial score (nSPS) is 10.0. The van der Waals surface area contributed by atoms with Crippen LogP contribution in [0.1, 0.15) is 110 Å². The predicted molar refractivity (Wildman–Crippen MR) is 99.9 cm³/mol. The number of hydrogen-bond acceptors (Lipinski definition) is 4. The second kappa shape index (κ2) is 18.4. The number of carboxylic acid groups (broad SMARTS) is 2. The molecule has 146 valence electrons. The summed E-state index contributed by atoms with van der Waals surface area (Å²) in [7, 11) is 0. The van der Waals surface area contributed by atoms with E-state index < -0.39 is 11.9 Å². The van der Waals surface area contributed by atoms with E-state index in [1.54, 1.807) is 0 Å². The van der Waals surface area contributed by atoms with E-state index in [0.717, 1.165) is 19.3 Å². The Balaban J connectivity index is 0. The molecule has 0 aromatic heterocycles. The minimum Gasteiger partial charge on any atom is -0.545 e. The number of aromatic carboxylic acids is 2. The van der Waals surface area contributed by atoms with Crippen molar-refractivity contribution < 1.29 is 57.5 Å². The molecule has 1 aromatic rings. The second-order valence-corrected chi connectivity index (χ2v) is 7.09. The number of hydrogen-bond donors (Lipinski definition) is 0. The van der Waals surface area contributed by atoms with Gasteiger partial charge in [0.05, 0.1) is 11.9 Å². The molecule has 0 aliphatic heterocycles. The number of carboxylic acids is 2. The van der Waals surface area contributed by atoms with Crippen molar-refractivity contribution in [3.8, 4) is 0 Å². The van der Waals surface area contributed by atoms with Gasteiger partial charge in [0.25, 0.3) is 0 Å². The Labute approximate surface area is 194 Å². The molecule has 1 aromatic carbocycles. The average Bonchev–Trinajstić information content (AvgIpc) is 2.62. The summed E-state index contributed by atoms with van der Waals surface area (Å²) >= 11 is 0. The molecule has 4 nitrogen and oxygen atoms in total. The third kappa shape index (κ3) is 12.7. The van der Waals surface area contributed by atoms with Crippen molar-refractivity contribution in [2.24, 2.45) is 0 Å². The predicted octanol–water partition coefficient (Wildman–Crippen LogP) is -2.33. The van der Waals surface area contributed by atoms with Gasteiger partial charge in [-0.25, -0.2) is 0 Å². The van der Waals surface area contributed by atoms with E-state index in [4.69, 9.17) is 0 Å². The molecule has 0 saturated heterocycles. The van der Waals surface area contributed by atoms with E-state index in [0.29, 0.717) is 12.0 Å². The molecule has 6 heteroatoms. The van der Waals surface area contributed by atoms with Gasteiger partial charge in [0.1, 0.15) is 0 Å². The first-order chi connectivity index (χ1) is 12.6. The molecule has 0 saturated carbocycles. The number of carbonyl (C=O) groups excluding carboxylic acids is 2. The minimum absolute atomic E-state index is 0. The fourth-order valence-corrected chi connectivity index (χ4v) is 3.28. The zero-order valence-corrected chi connectivity index (χ0v) is 18.1. The number of carbonyl (C=O) groups is 2. The Morgan fingerprint density at radius 3 is 1.61 bits per heavy atom. The van der Waals surface area contributed by atoms with Crippen LogP contribution in [0.15, 0.2) is 18.2 Å². The quantitative estimate of drug-likeness (QED) is 0.255. The van der Waals surface area contributed by atoms with Crippen molar-refractivity contribution in [2.75, 3.05) is 0 Å². The SMILES string of the molecule is CCCCCCCCCCCCCCc1cc(C(=O)[O-])ccc1C(=O)[O-].[Li+].[Li+]. The summed E-state index contributed by atoms with van der Waals surface area (Å²) < 4.78 is 0. The van der Waals surface area contributed by atoms with Crippen molar-refractivity contribution in [3.63, 3.8) is 0 Å². The van der Waals surface area contributed by atoms with Crippen LogP contribution in [0.4, 0.5) is 0 Å². The van der Waals surface area contributed by atoms with E-state index in [1.807, 2.05) is 0 Å². The van der Waals surface area contributed by atoms with Crippen molar-refractivity contribution in [1.82, 2.24) is 0 Å². The van der Waals surface area contributed by atoms with Gasteiger partial charge < -0.3 is 19.8 Å². The van der Waals surface area contributed by atoms with Gasteiger partial charge in [-0.1, -0.05) is 89.7 Å². The maximum absolute atomic E-state index is 11.1.